The van der Waals surface area contributed by atoms with Crippen LogP contribution >= 0.6 is 0 Å². The largest absolute Gasteiger partial charge is 0.388 e. The maximum atomic E-state index is 3.72. The van der Waals surface area contributed by atoms with E-state index in [0.717, 1.165) is 39.1 Å². The first-order valence-corrected chi connectivity index (χ1v) is 9.68. The van der Waals surface area contributed by atoms with Crippen LogP contribution in [0, 0.1) is 0 Å². The lowest BCUT2D eigenvalue weighted by molar-refractivity contribution is 0.281. The fourth-order valence-electron chi connectivity index (χ4n) is 3.88. The van der Waals surface area contributed by atoms with E-state index in [1.54, 1.807) is 0 Å². The maximum Gasteiger partial charge on any atom is 0.102 e. The molecule has 1 saturated heterocycles. The van der Waals surface area contributed by atoms with Crippen LogP contribution in [0.25, 0.3) is 5.70 Å². The Balaban J connectivity index is 1.56. The molecule has 0 spiro atoms. The zero-order valence-electron chi connectivity index (χ0n) is 15.7. The fourth-order valence-corrected chi connectivity index (χ4v) is 3.88. The number of piperazine rings is 1. The number of aryl methyl sites for hydroxylation is 1. The monoisotopic (exact) mass is 351 g/mol. The summed E-state index contributed by atoms with van der Waals surface area (Å²) in [5.41, 5.74) is 6.40. The molecule has 3 aliphatic rings. The molecule has 3 heterocycles. The topological polar surface area (TPSA) is 51.4 Å². The molecule has 0 aliphatic carbocycles. The van der Waals surface area contributed by atoms with Crippen LogP contribution in [0.2, 0.25) is 0 Å². The fraction of sp³-hybridized carbons (Fsp3) is 0.429. The van der Waals surface area contributed by atoms with Crippen LogP contribution in [0.5, 0.6) is 0 Å². The summed E-state index contributed by atoms with van der Waals surface area (Å²) in [5.74, 6) is 1.25. The molecular weight excluding hydrogens is 322 g/mol. The number of nitrogens with zero attached hydrogens (tertiary/aromatic N) is 1. The number of hydrogen-bond acceptors (Lipinski definition) is 5. The average Bonchev–Trinajstić information content (AvgIpc) is 2.73. The molecule has 5 heteroatoms. The van der Waals surface area contributed by atoms with Crippen molar-refractivity contribution in [3.05, 3.63) is 58.9 Å². The highest BCUT2D eigenvalue weighted by molar-refractivity contribution is 5.80. The van der Waals surface area contributed by atoms with Crippen LogP contribution < -0.4 is 21.3 Å². The number of anilines is 1. The van der Waals surface area contributed by atoms with Gasteiger partial charge in [-0.05, 0) is 35.8 Å². The van der Waals surface area contributed by atoms with Gasteiger partial charge in [-0.3, -0.25) is 0 Å². The van der Waals surface area contributed by atoms with Crippen molar-refractivity contribution in [2.75, 3.05) is 45.1 Å². The average molecular weight is 351 g/mol. The molecule has 0 aromatic heterocycles. The summed E-state index contributed by atoms with van der Waals surface area (Å²) in [7, 11) is 2.00. The molecule has 4 rings (SSSR count). The minimum absolute atomic E-state index is 0.213. The van der Waals surface area contributed by atoms with Gasteiger partial charge >= 0.3 is 0 Å². The lowest BCUT2D eigenvalue weighted by atomic mass is 9.94. The van der Waals surface area contributed by atoms with Crippen molar-refractivity contribution in [1.82, 2.24) is 20.9 Å². The predicted octanol–water partition coefficient (Wildman–Crippen LogP) is 1.88. The summed E-state index contributed by atoms with van der Waals surface area (Å²) in [6.45, 7) is 7.34. The molecule has 1 atom stereocenters. The van der Waals surface area contributed by atoms with Gasteiger partial charge in [-0.25, -0.2) is 0 Å². The summed E-state index contributed by atoms with van der Waals surface area (Å²) < 4.78 is 0. The molecule has 0 bridgehead atoms. The first-order chi connectivity index (χ1) is 12.8. The third kappa shape index (κ3) is 3.31. The highest BCUT2D eigenvalue weighted by atomic mass is 15.3. The standard InChI is InChI=1S/C21H29N5/c1-3-15-4-6-17-19(22-2)13-18(25-20(17)12-15)16-5-7-21(24-14-16)26-10-8-23-9-11-26/h4-7,12-13,18,22-25H,3,8-11,14H2,1-2H3. The van der Waals surface area contributed by atoms with Gasteiger partial charge in [0.1, 0.15) is 5.82 Å². The van der Waals surface area contributed by atoms with Gasteiger partial charge in [0.2, 0.25) is 0 Å². The van der Waals surface area contributed by atoms with E-state index in [2.05, 4.69) is 69.5 Å². The lowest BCUT2D eigenvalue weighted by Gasteiger charge is -2.35. The molecular formula is C21H29N5. The Bertz CT molecular complexity index is 756. The van der Waals surface area contributed by atoms with E-state index in [4.69, 9.17) is 0 Å². The molecule has 1 fully saturated rings. The Morgan fingerprint density at radius 1 is 1.19 bits per heavy atom. The molecule has 0 radical (unpaired) electrons. The van der Waals surface area contributed by atoms with Crippen molar-refractivity contribution < 1.29 is 0 Å². The van der Waals surface area contributed by atoms with Crippen molar-refractivity contribution in [3.63, 3.8) is 0 Å². The molecule has 3 aliphatic heterocycles. The SMILES string of the molecule is CCc1ccc2c(c1)NC(C1=CC=C(N3CCNCC3)NC1)C=C2NC. The molecule has 4 N–H and O–H groups in total. The second-order valence-electron chi connectivity index (χ2n) is 7.07. The van der Waals surface area contributed by atoms with Gasteiger partial charge in [0.25, 0.3) is 0 Å². The van der Waals surface area contributed by atoms with Crippen LogP contribution in [0.3, 0.4) is 0 Å². The zero-order chi connectivity index (χ0) is 17.9. The number of hydrogen-bond donors (Lipinski definition) is 4. The Labute approximate surface area is 156 Å². The van der Waals surface area contributed by atoms with E-state index in [-0.39, 0.29) is 6.04 Å². The number of nitrogens with one attached hydrogen (secondary N) is 4. The minimum atomic E-state index is 0.213. The van der Waals surface area contributed by atoms with Crippen LogP contribution in [-0.2, 0) is 6.42 Å². The second-order valence-corrected chi connectivity index (χ2v) is 7.07. The van der Waals surface area contributed by atoms with E-state index in [0.29, 0.717) is 0 Å². The van der Waals surface area contributed by atoms with Gasteiger partial charge in [0.15, 0.2) is 0 Å². The zero-order valence-corrected chi connectivity index (χ0v) is 15.7. The number of benzene rings is 1. The summed E-state index contributed by atoms with van der Waals surface area (Å²) in [6, 6.07) is 6.93. The number of dihydropyridines is 1. The van der Waals surface area contributed by atoms with Gasteiger partial charge in [0, 0.05) is 56.7 Å². The number of allylic oxidation sites excluding steroid dienone is 2. The first-order valence-electron chi connectivity index (χ1n) is 9.68. The Hall–Kier alpha value is -2.40. The van der Waals surface area contributed by atoms with E-state index < -0.39 is 0 Å². The van der Waals surface area contributed by atoms with E-state index in [1.807, 2.05) is 7.05 Å². The minimum Gasteiger partial charge on any atom is -0.388 e. The molecule has 138 valence electrons. The predicted molar refractivity (Wildman–Crippen MR) is 109 cm³/mol. The third-order valence-electron chi connectivity index (χ3n) is 5.48. The van der Waals surface area contributed by atoms with Gasteiger partial charge < -0.3 is 26.2 Å². The van der Waals surface area contributed by atoms with Crippen molar-refractivity contribution >= 4 is 11.4 Å². The maximum absolute atomic E-state index is 3.72. The molecule has 0 amide bonds. The first kappa shape index (κ1) is 17.0. The highest BCUT2D eigenvalue weighted by Crippen LogP contribution is 2.31. The smallest absolute Gasteiger partial charge is 0.102 e. The van der Waals surface area contributed by atoms with Crippen LogP contribution in [0.1, 0.15) is 18.1 Å². The lowest BCUT2D eigenvalue weighted by Crippen LogP contribution is -2.47. The Morgan fingerprint density at radius 3 is 2.73 bits per heavy atom. The number of rotatable bonds is 4. The van der Waals surface area contributed by atoms with Crippen LogP contribution in [0.4, 0.5) is 5.69 Å². The molecule has 1 aromatic carbocycles. The van der Waals surface area contributed by atoms with Gasteiger partial charge in [-0.2, -0.15) is 0 Å². The summed E-state index contributed by atoms with van der Waals surface area (Å²) in [6.07, 6.45) is 7.87. The van der Waals surface area contributed by atoms with E-state index in [1.165, 1.54) is 33.9 Å². The second kappa shape index (κ2) is 7.46. The highest BCUT2D eigenvalue weighted by Gasteiger charge is 2.23. The molecule has 1 aromatic rings. The van der Waals surface area contributed by atoms with Crippen molar-refractivity contribution in [1.29, 1.82) is 0 Å². The third-order valence-corrected chi connectivity index (χ3v) is 5.48. The molecule has 0 saturated carbocycles. The van der Waals surface area contributed by atoms with Crippen LogP contribution in [-0.4, -0.2) is 50.7 Å². The van der Waals surface area contributed by atoms with E-state index >= 15 is 0 Å². The summed E-state index contributed by atoms with van der Waals surface area (Å²) in [4.78, 5) is 2.43. The van der Waals surface area contributed by atoms with Crippen molar-refractivity contribution in [2.24, 2.45) is 0 Å². The van der Waals surface area contributed by atoms with Crippen molar-refractivity contribution in [2.45, 2.75) is 19.4 Å². The van der Waals surface area contributed by atoms with E-state index in [9.17, 15) is 0 Å². The van der Waals surface area contributed by atoms with Crippen LogP contribution in [0.15, 0.2) is 47.8 Å². The van der Waals surface area contributed by atoms with Gasteiger partial charge in [0.05, 0.1) is 6.04 Å². The normalized spacial score (nSPS) is 22.3. The molecule has 26 heavy (non-hydrogen) atoms. The van der Waals surface area contributed by atoms with Crippen molar-refractivity contribution in [3.8, 4) is 0 Å². The molecule has 5 nitrogen and oxygen atoms in total. The van der Waals surface area contributed by atoms with Gasteiger partial charge in [-0.1, -0.05) is 25.1 Å². The summed E-state index contributed by atoms with van der Waals surface area (Å²) >= 11 is 0. The Kier molecular flexibility index (Phi) is 4.89. The number of fused-ring (bicyclic) bond motifs is 1. The summed E-state index contributed by atoms with van der Waals surface area (Å²) in [5, 5.41) is 14.1. The molecule has 1 unspecified atom stereocenters. The van der Waals surface area contributed by atoms with Gasteiger partial charge in [-0.15, -0.1) is 0 Å². The Morgan fingerprint density at radius 2 is 2.04 bits per heavy atom. The quantitative estimate of drug-likeness (QED) is 0.667.